The molecule has 4 aromatic rings. The molecule has 98 valence electrons. The highest BCUT2D eigenvalue weighted by atomic mass is 16.3. The number of nitrogens with one attached hydrogen (secondary N) is 1. The van der Waals surface area contributed by atoms with Crippen LogP contribution in [0.25, 0.3) is 33.5 Å². The Labute approximate surface area is 113 Å². The van der Waals surface area contributed by atoms with Crippen LogP contribution in [0.1, 0.15) is 0 Å². The number of aromatic amines is 1. The SMILES string of the molecule is Cn1c(-c2ccco2)nc2c(=O)[nH]c3ccccc3c21. The monoisotopic (exact) mass is 265 g/mol. The van der Waals surface area contributed by atoms with Crippen molar-refractivity contribution in [3.8, 4) is 11.6 Å². The lowest BCUT2D eigenvalue weighted by Gasteiger charge is -2.02. The van der Waals surface area contributed by atoms with E-state index in [-0.39, 0.29) is 5.56 Å². The molecule has 1 aromatic carbocycles. The summed E-state index contributed by atoms with van der Waals surface area (Å²) in [5.41, 5.74) is 1.86. The molecule has 0 aliphatic carbocycles. The first-order valence-electron chi connectivity index (χ1n) is 6.27. The van der Waals surface area contributed by atoms with Crippen LogP contribution in [0.2, 0.25) is 0 Å². The molecule has 3 aromatic heterocycles. The van der Waals surface area contributed by atoms with Gasteiger partial charge in [-0.15, -0.1) is 0 Å². The third kappa shape index (κ3) is 1.37. The summed E-state index contributed by atoms with van der Waals surface area (Å²) < 4.78 is 7.28. The van der Waals surface area contributed by atoms with Gasteiger partial charge in [-0.05, 0) is 18.2 Å². The van der Waals surface area contributed by atoms with E-state index in [2.05, 4.69) is 9.97 Å². The van der Waals surface area contributed by atoms with Crippen LogP contribution in [0, 0.1) is 0 Å². The Bertz CT molecular complexity index is 978. The van der Waals surface area contributed by atoms with Crippen LogP contribution in [0.4, 0.5) is 0 Å². The molecule has 0 amide bonds. The zero-order chi connectivity index (χ0) is 13.7. The Kier molecular flexibility index (Phi) is 2.12. The van der Waals surface area contributed by atoms with Crippen molar-refractivity contribution >= 4 is 21.9 Å². The van der Waals surface area contributed by atoms with Crippen LogP contribution in [0.5, 0.6) is 0 Å². The van der Waals surface area contributed by atoms with Gasteiger partial charge in [-0.2, -0.15) is 0 Å². The van der Waals surface area contributed by atoms with E-state index < -0.39 is 0 Å². The second-order valence-corrected chi connectivity index (χ2v) is 4.67. The molecular formula is C15H11N3O2. The van der Waals surface area contributed by atoms with Crippen molar-refractivity contribution in [2.45, 2.75) is 0 Å². The molecule has 0 atom stereocenters. The highest BCUT2D eigenvalue weighted by molar-refractivity contribution is 6.03. The van der Waals surface area contributed by atoms with E-state index >= 15 is 0 Å². The zero-order valence-corrected chi connectivity index (χ0v) is 10.8. The molecule has 20 heavy (non-hydrogen) atoms. The number of aromatic nitrogens is 3. The Morgan fingerprint density at radius 3 is 2.85 bits per heavy atom. The van der Waals surface area contributed by atoms with E-state index in [4.69, 9.17) is 4.42 Å². The molecule has 1 N–H and O–H groups in total. The number of H-pyrrole nitrogens is 1. The van der Waals surface area contributed by atoms with E-state index in [1.807, 2.05) is 41.9 Å². The number of pyridine rings is 1. The number of nitrogens with zero attached hydrogens (tertiary/aromatic N) is 2. The van der Waals surface area contributed by atoms with Crippen LogP contribution in [-0.4, -0.2) is 14.5 Å². The maximum absolute atomic E-state index is 12.2. The van der Waals surface area contributed by atoms with Gasteiger partial charge in [-0.25, -0.2) is 4.98 Å². The minimum absolute atomic E-state index is 0.188. The second-order valence-electron chi connectivity index (χ2n) is 4.67. The number of hydrogen-bond donors (Lipinski definition) is 1. The topological polar surface area (TPSA) is 63.8 Å². The first kappa shape index (κ1) is 11.0. The van der Waals surface area contributed by atoms with Gasteiger partial charge in [-0.1, -0.05) is 18.2 Å². The van der Waals surface area contributed by atoms with Crippen molar-refractivity contribution in [2.24, 2.45) is 7.05 Å². The molecule has 4 rings (SSSR count). The van der Waals surface area contributed by atoms with Gasteiger partial charge >= 0.3 is 0 Å². The average Bonchev–Trinajstić information content (AvgIpc) is 3.07. The van der Waals surface area contributed by atoms with Crippen LogP contribution < -0.4 is 5.56 Å². The van der Waals surface area contributed by atoms with Gasteiger partial charge in [0.25, 0.3) is 5.56 Å². The Morgan fingerprint density at radius 2 is 2.05 bits per heavy atom. The zero-order valence-electron chi connectivity index (χ0n) is 10.8. The number of fused-ring (bicyclic) bond motifs is 3. The Hall–Kier alpha value is -2.82. The molecule has 5 nitrogen and oxygen atoms in total. The van der Waals surface area contributed by atoms with Gasteiger partial charge in [-0.3, -0.25) is 4.79 Å². The summed E-state index contributed by atoms with van der Waals surface area (Å²) in [7, 11) is 1.89. The van der Waals surface area contributed by atoms with E-state index in [0.717, 1.165) is 16.4 Å². The predicted molar refractivity (Wildman–Crippen MR) is 76.5 cm³/mol. The maximum atomic E-state index is 12.2. The molecule has 0 spiro atoms. The number of benzene rings is 1. The minimum Gasteiger partial charge on any atom is -0.461 e. The third-order valence-electron chi connectivity index (χ3n) is 3.48. The van der Waals surface area contributed by atoms with Gasteiger partial charge < -0.3 is 14.0 Å². The number of hydrogen-bond acceptors (Lipinski definition) is 3. The molecule has 0 bridgehead atoms. The normalized spacial score (nSPS) is 11.4. The van der Waals surface area contributed by atoms with Gasteiger partial charge in [0.1, 0.15) is 0 Å². The molecule has 0 radical (unpaired) electrons. The molecular weight excluding hydrogens is 254 g/mol. The lowest BCUT2D eigenvalue weighted by atomic mass is 10.2. The molecule has 5 heteroatoms. The van der Waals surface area contributed by atoms with Gasteiger partial charge in [0.05, 0.1) is 17.3 Å². The quantitative estimate of drug-likeness (QED) is 0.575. The lowest BCUT2D eigenvalue weighted by Crippen LogP contribution is -2.06. The predicted octanol–water partition coefficient (Wildman–Crippen LogP) is 2.67. The number of rotatable bonds is 1. The molecule has 0 saturated heterocycles. The molecule has 0 aliphatic heterocycles. The molecule has 0 unspecified atom stereocenters. The molecule has 0 fully saturated rings. The van der Waals surface area contributed by atoms with Crippen molar-refractivity contribution in [3.63, 3.8) is 0 Å². The van der Waals surface area contributed by atoms with Crippen molar-refractivity contribution < 1.29 is 4.42 Å². The average molecular weight is 265 g/mol. The van der Waals surface area contributed by atoms with Crippen molar-refractivity contribution in [1.29, 1.82) is 0 Å². The maximum Gasteiger partial charge on any atom is 0.276 e. The van der Waals surface area contributed by atoms with Crippen molar-refractivity contribution in [2.75, 3.05) is 0 Å². The number of furan rings is 1. The Morgan fingerprint density at radius 1 is 1.20 bits per heavy atom. The molecule has 3 heterocycles. The summed E-state index contributed by atoms with van der Waals surface area (Å²) in [6.45, 7) is 0. The summed E-state index contributed by atoms with van der Waals surface area (Å²) in [6.07, 6.45) is 1.59. The van der Waals surface area contributed by atoms with E-state index in [1.54, 1.807) is 12.3 Å². The van der Waals surface area contributed by atoms with Crippen molar-refractivity contribution in [1.82, 2.24) is 14.5 Å². The van der Waals surface area contributed by atoms with E-state index in [1.165, 1.54) is 0 Å². The van der Waals surface area contributed by atoms with Crippen molar-refractivity contribution in [3.05, 3.63) is 53.0 Å². The highest BCUT2D eigenvalue weighted by Crippen LogP contribution is 2.26. The third-order valence-corrected chi connectivity index (χ3v) is 3.48. The Balaban J connectivity index is 2.22. The summed E-state index contributed by atoms with van der Waals surface area (Å²) in [6, 6.07) is 11.3. The van der Waals surface area contributed by atoms with E-state index in [9.17, 15) is 4.79 Å². The number of para-hydroxylation sites is 1. The van der Waals surface area contributed by atoms with Crippen LogP contribution >= 0.6 is 0 Å². The smallest absolute Gasteiger partial charge is 0.276 e. The lowest BCUT2D eigenvalue weighted by molar-refractivity contribution is 0.574. The highest BCUT2D eigenvalue weighted by Gasteiger charge is 2.16. The van der Waals surface area contributed by atoms with Gasteiger partial charge in [0.15, 0.2) is 17.1 Å². The number of imidazole rings is 1. The van der Waals surface area contributed by atoms with E-state index in [0.29, 0.717) is 17.1 Å². The van der Waals surface area contributed by atoms with Crippen LogP contribution in [0.15, 0.2) is 51.9 Å². The standard InChI is InChI=1S/C15H11N3O2/c1-18-13-9-5-2-3-6-10(9)16-15(19)12(13)17-14(18)11-7-4-8-20-11/h2-8H,1H3,(H,16,19). The fourth-order valence-electron chi connectivity index (χ4n) is 2.57. The summed E-state index contributed by atoms with van der Waals surface area (Å²) in [5.74, 6) is 1.29. The fourth-order valence-corrected chi connectivity index (χ4v) is 2.57. The van der Waals surface area contributed by atoms with Gasteiger partial charge in [0.2, 0.25) is 0 Å². The number of aryl methyl sites for hydroxylation is 1. The summed E-state index contributed by atoms with van der Waals surface area (Å²) in [5, 5.41) is 0.968. The second kappa shape index (κ2) is 3.84. The fraction of sp³-hybridized carbons (Fsp3) is 0.0667. The van der Waals surface area contributed by atoms with Gasteiger partial charge in [0, 0.05) is 12.4 Å². The summed E-state index contributed by atoms with van der Waals surface area (Å²) in [4.78, 5) is 19.5. The largest absolute Gasteiger partial charge is 0.461 e. The first-order chi connectivity index (χ1) is 9.75. The molecule has 0 aliphatic rings. The minimum atomic E-state index is -0.188. The van der Waals surface area contributed by atoms with Crippen LogP contribution in [-0.2, 0) is 7.05 Å². The first-order valence-corrected chi connectivity index (χ1v) is 6.27. The summed E-state index contributed by atoms with van der Waals surface area (Å²) >= 11 is 0. The van der Waals surface area contributed by atoms with Crippen LogP contribution in [0.3, 0.4) is 0 Å². The molecule has 0 saturated carbocycles.